The van der Waals surface area contributed by atoms with Gasteiger partial charge in [-0.1, -0.05) is 121 Å². The van der Waals surface area contributed by atoms with Gasteiger partial charge in [-0.25, -0.2) is 0 Å². The van der Waals surface area contributed by atoms with Crippen LogP contribution in [0.2, 0.25) is 0 Å². The first-order valence-corrected chi connectivity index (χ1v) is 11.4. The summed E-state index contributed by atoms with van der Waals surface area (Å²) in [5.41, 5.74) is 7.07. The molecule has 0 heterocycles. The molecule has 0 fully saturated rings. The van der Waals surface area contributed by atoms with E-state index < -0.39 is 0 Å². The van der Waals surface area contributed by atoms with Crippen LogP contribution in [0.1, 0.15) is 45.6 Å². The average molecular weight is 431 g/mol. The highest BCUT2D eigenvalue weighted by atomic mass is 16.5. The molecule has 0 aliphatic carbocycles. The summed E-state index contributed by atoms with van der Waals surface area (Å²) < 4.78 is 7.10. The maximum absolute atomic E-state index is 7.10. The lowest BCUT2D eigenvalue weighted by molar-refractivity contribution is 0.0300. The van der Waals surface area contributed by atoms with Crippen LogP contribution in [0, 0.1) is 0 Å². The van der Waals surface area contributed by atoms with Crippen LogP contribution in [0.15, 0.2) is 135 Å². The molecule has 2 unspecified atom stereocenters. The molecule has 0 aliphatic heterocycles. The third-order valence-electron chi connectivity index (χ3n) is 5.88. The second kappa shape index (κ2) is 11.3. The van der Waals surface area contributed by atoms with E-state index in [1.54, 1.807) is 0 Å². The van der Waals surface area contributed by atoms with Gasteiger partial charge in [-0.2, -0.15) is 0 Å². The number of hydrogen-bond acceptors (Lipinski definition) is 1. The molecule has 0 N–H and O–H groups in total. The molecule has 2 atom stereocenters. The molecular weight excluding hydrogens is 400 g/mol. The largest absolute Gasteiger partial charge is 0.356 e. The molecule has 0 saturated carbocycles. The van der Waals surface area contributed by atoms with Crippen molar-refractivity contribution in [2.75, 3.05) is 0 Å². The van der Waals surface area contributed by atoms with Gasteiger partial charge in [0.15, 0.2) is 0 Å². The lowest BCUT2D eigenvalue weighted by Crippen LogP contribution is -2.16. The Morgan fingerprint density at radius 3 is 1.27 bits per heavy atom. The maximum Gasteiger partial charge on any atom is 0.109 e. The Morgan fingerprint density at radius 2 is 0.879 bits per heavy atom. The van der Waals surface area contributed by atoms with Crippen molar-refractivity contribution in [3.63, 3.8) is 0 Å². The third kappa shape index (κ3) is 5.39. The number of allylic oxidation sites excluding steroid dienone is 2. The first-order chi connectivity index (χ1) is 16.3. The van der Waals surface area contributed by atoms with Gasteiger partial charge in [0.2, 0.25) is 0 Å². The monoisotopic (exact) mass is 430 g/mol. The topological polar surface area (TPSA) is 9.23 Å². The molecule has 164 valence electrons. The fourth-order valence-electron chi connectivity index (χ4n) is 4.32. The SMILES string of the molecule is C=CCc1ccccc1C(OC(c1ccccc1)c1ccccc1CC=C)c1ccccc1. The summed E-state index contributed by atoms with van der Waals surface area (Å²) in [6.45, 7) is 7.93. The van der Waals surface area contributed by atoms with Crippen LogP contribution in [-0.4, -0.2) is 0 Å². The predicted octanol–water partition coefficient (Wildman–Crippen LogP) is 8.04. The second-order valence-corrected chi connectivity index (χ2v) is 8.10. The van der Waals surface area contributed by atoms with Crippen molar-refractivity contribution in [1.29, 1.82) is 0 Å². The Balaban J connectivity index is 1.86. The molecule has 0 radical (unpaired) electrons. The van der Waals surface area contributed by atoms with E-state index in [1.807, 2.05) is 24.3 Å². The van der Waals surface area contributed by atoms with Crippen LogP contribution in [0.25, 0.3) is 0 Å². The summed E-state index contributed by atoms with van der Waals surface area (Å²) in [4.78, 5) is 0. The molecule has 0 bridgehead atoms. The molecule has 0 amide bonds. The van der Waals surface area contributed by atoms with Gasteiger partial charge in [0.25, 0.3) is 0 Å². The molecule has 0 aliphatic rings. The first kappa shape index (κ1) is 22.5. The number of benzene rings is 4. The Hall–Kier alpha value is -3.68. The van der Waals surface area contributed by atoms with E-state index in [-0.39, 0.29) is 12.2 Å². The molecule has 4 rings (SSSR count). The molecule has 1 nitrogen and oxygen atoms in total. The zero-order chi connectivity index (χ0) is 22.9. The quantitative estimate of drug-likeness (QED) is 0.231. The van der Waals surface area contributed by atoms with Crippen molar-refractivity contribution in [2.45, 2.75) is 25.0 Å². The van der Waals surface area contributed by atoms with Gasteiger partial charge in [-0.15, -0.1) is 13.2 Å². The minimum atomic E-state index is -0.218. The number of rotatable bonds is 10. The van der Waals surface area contributed by atoms with Gasteiger partial charge in [0, 0.05) is 0 Å². The van der Waals surface area contributed by atoms with Gasteiger partial charge < -0.3 is 4.74 Å². The Kier molecular flexibility index (Phi) is 7.68. The van der Waals surface area contributed by atoms with E-state index in [1.165, 1.54) is 22.3 Å². The standard InChI is InChI=1S/C32H30O/c1-3-15-25-17-11-13-23-29(25)31(27-19-7-5-8-20-27)33-32(28-21-9-6-10-22-28)30-24-14-12-18-26(30)16-4-2/h3-14,17-24,31-32H,1-2,15-16H2. The van der Waals surface area contributed by atoms with Crippen LogP contribution in [0.3, 0.4) is 0 Å². The van der Waals surface area contributed by atoms with Crippen LogP contribution in [0.4, 0.5) is 0 Å². The molecule has 33 heavy (non-hydrogen) atoms. The zero-order valence-corrected chi connectivity index (χ0v) is 18.9. The van der Waals surface area contributed by atoms with Crippen molar-refractivity contribution in [3.8, 4) is 0 Å². The summed E-state index contributed by atoms with van der Waals surface area (Å²) in [6, 6.07) is 38.0. The average Bonchev–Trinajstić information content (AvgIpc) is 2.87. The molecule has 4 aromatic carbocycles. The van der Waals surface area contributed by atoms with Gasteiger partial charge >= 0.3 is 0 Å². The fraction of sp³-hybridized carbons (Fsp3) is 0.125. The minimum absolute atomic E-state index is 0.218. The smallest absolute Gasteiger partial charge is 0.109 e. The summed E-state index contributed by atoms with van der Waals surface area (Å²) in [7, 11) is 0. The van der Waals surface area contributed by atoms with Gasteiger partial charge in [-0.3, -0.25) is 0 Å². The number of hydrogen-bond donors (Lipinski definition) is 0. The molecule has 0 saturated heterocycles. The summed E-state index contributed by atoms with van der Waals surface area (Å²) in [6.07, 6.45) is 5.07. The van der Waals surface area contributed by atoms with Crippen molar-refractivity contribution >= 4 is 0 Å². The third-order valence-corrected chi connectivity index (χ3v) is 5.88. The van der Waals surface area contributed by atoms with Crippen molar-refractivity contribution < 1.29 is 4.74 Å². The van der Waals surface area contributed by atoms with E-state index in [4.69, 9.17) is 4.74 Å². The highest BCUT2D eigenvalue weighted by molar-refractivity contribution is 5.40. The first-order valence-electron chi connectivity index (χ1n) is 11.4. The second-order valence-electron chi connectivity index (χ2n) is 8.10. The zero-order valence-electron chi connectivity index (χ0n) is 18.9. The lowest BCUT2D eigenvalue weighted by Gasteiger charge is -2.29. The normalized spacial score (nSPS) is 12.6. The van der Waals surface area contributed by atoms with E-state index >= 15 is 0 Å². The van der Waals surface area contributed by atoms with Crippen LogP contribution >= 0.6 is 0 Å². The van der Waals surface area contributed by atoms with Crippen molar-refractivity contribution in [1.82, 2.24) is 0 Å². The molecule has 4 aromatic rings. The van der Waals surface area contributed by atoms with Crippen LogP contribution < -0.4 is 0 Å². The Morgan fingerprint density at radius 1 is 0.515 bits per heavy atom. The highest BCUT2D eigenvalue weighted by Gasteiger charge is 2.25. The summed E-state index contributed by atoms with van der Waals surface area (Å²) in [5.74, 6) is 0. The maximum atomic E-state index is 7.10. The molecule has 0 spiro atoms. The Labute approximate surface area is 197 Å². The van der Waals surface area contributed by atoms with E-state index in [9.17, 15) is 0 Å². The Bertz CT molecular complexity index is 1080. The van der Waals surface area contributed by atoms with Crippen LogP contribution in [-0.2, 0) is 17.6 Å². The van der Waals surface area contributed by atoms with Crippen LogP contribution in [0.5, 0.6) is 0 Å². The van der Waals surface area contributed by atoms with E-state index in [0.717, 1.165) is 24.0 Å². The molecule has 1 heteroatoms. The van der Waals surface area contributed by atoms with E-state index in [0.29, 0.717) is 0 Å². The highest BCUT2D eigenvalue weighted by Crippen LogP contribution is 2.38. The van der Waals surface area contributed by atoms with Gasteiger partial charge in [0.1, 0.15) is 12.2 Å². The van der Waals surface area contributed by atoms with Gasteiger partial charge in [0.05, 0.1) is 0 Å². The van der Waals surface area contributed by atoms with E-state index in [2.05, 4.69) is 110 Å². The predicted molar refractivity (Wildman–Crippen MR) is 138 cm³/mol. The van der Waals surface area contributed by atoms with Crippen molar-refractivity contribution in [2.24, 2.45) is 0 Å². The summed E-state index contributed by atoms with van der Waals surface area (Å²) in [5, 5.41) is 0. The lowest BCUT2D eigenvalue weighted by atomic mass is 9.92. The molecular formula is C32H30O. The number of ether oxygens (including phenoxy) is 1. The van der Waals surface area contributed by atoms with Gasteiger partial charge in [-0.05, 0) is 46.2 Å². The van der Waals surface area contributed by atoms with Crippen molar-refractivity contribution in [3.05, 3.63) is 168 Å². The fourth-order valence-corrected chi connectivity index (χ4v) is 4.32. The molecule has 0 aromatic heterocycles. The minimum Gasteiger partial charge on any atom is -0.356 e. The summed E-state index contributed by atoms with van der Waals surface area (Å²) >= 11 is 0.